The quantitative estimate of drug-likeness (QED) is 0.914. The number of piperazine rings is 1. The second kappa shape index (κ2) is 7.41. The summed E-state index contributed by atoms with van der Waals surface area (Å²) in [5.74, 6) is 0.317. The van der Waals surface area contributed by atoms with Crippen LogP contribution >= 0.6 is 23.7 Å². The number of nitrogens with zero attached hydrogens (tertiary/aromatic N) is 2. The van der Waals surface area contributed by atoms with Crippen LogP contribution in [0.15, 0.2) is 11.4 Å². The first-order chi connectivity index (χ1) is 9.33. The van der Waals surface area contributed by atoms with Crippen molar-refractivity contribution >= 4 is 29.7 Å². The highest BCUT2D eigenvalue weighted by Gasteiger charge is 2.20. The number of nitrogens with one attached hydrogen (secondary N) is 1. The summed E-state index contributed by atoms with van der Waals surface area (Å²) < 4.78 is 0. The van der Waals surface area contributed by atoms with Crippen LogP contribution in [0.5, 0.6) is 0 Å². The lowest BCUT2D eigenvalue weighted by atomic mass is 10.1. The van der Waals surface area contributed by atoms with Crippen LogP contribution in [-0.4, -0.2) is 55.0 Å². The molecule has 0 atom stereocenters. The van der Waals surface area contributed by atoms with Crippen molar-refractivity contribution in [3.8, 4) is 0 Å². The largest absolute Gasteiger partial charge is 0.340 e. The predicted octanol–water partition coefficient (Wildman–Crippen LogP) is 1.35. The first kappa shape index (κ1) is 15.8. The molecule has 0 aromatic carbocycles. The molecule has 0 aliphatic carbocycles. The van der Waals surface area contributed by atoms with E-state index < -0.39 is 0 Å². The van der Waals surface area contributed by atoms with Gasteiger partial charge in [-0.25, -0.2) is 0 Å². The van der Waals surface area contributed by atoms with Gasteiger partial charge >= 0.3 is 0 Å². The Morgan fingerprint density at radius 3 is 2.90 bits per heavy atom. The van der Waals surface area contributed by atoms with Gasteiger partial charge in [-0.1, -0.05) is 0 Å². The van der Waals surface area contributed by atoms with Gasteiger partial charge in [0.1, 0.15) is 0 Å². The van der Waals surface area contributed by atoms with Crippen molar-refractivity contribution in [1.82, 2.24) is 15.1 Å². The molecule has 4 nitrogen and oxygen atoms in total. The molecule has 1 aromatic heterocycles. The Morgan fingerprint density at radius 2 is 2.10 bits per heavy atom. The Hall–Kier alpha value is -0.620. The average molecular weight is 316 g/mol. The van der Waals surface area contributed by atoms with E-state index in [0.717, 1.165) is 52.2 Å². The van der Waals surface area contributed by atoms with E-state index >= 15 is 0 Å². The van der Waals surface area contributed by atoms with Crippen molar-refractivity contribution in [2.45, 2.75) is 19.4 Å². The van der Waals surface area contributed by atoms with Gasteiger partial charge < -0.3 is 10.2 Å². The lowest BCUT2D eigenvalue weighted by molar-refractivity contribution is -0.132. The lowest BCUT2D eigenvalue weighted by Crippen LogP contribution is -2.47. The van der Waals surface area contributed by atoms with Crippen LogP contribution in [0.3, 0.4) is 0 Å². The highest BCUT2D eigenvalue weighted by Crippen LogP contribution is 2.23. The van der Waals surface area contributed by atoms with Gasteiger partial charge in [-0.3, -0.25) is 9.69 Å². The summed E-state index contributed by atoms with van der Waals surface area (Å²) in [6.45, 7) is 6.64. The molecule has 0 bridgehead atoms. The molecular formula is C14H22ClN3OS. The molecule has 20 heavy (non-hydrogen) atoms. The summed E-state index contributed by atoms with van der Waals surface area (Å²) in [5.41, 5.74) is 1.46. The number of thiophene rings is 1. The summed E-state index contributed by atoms with van der Waals surface area (Å²) in [4.78, 5) is 18.1. The number of amides is 1. The zero-order valence-electron chi connectivity index (χ0n) is 11.6. The minimum absolute atomic E-state index is 0. The van der Waals surface area contributed by atoms with Crippen molar-refractivity contribution in [2.24, 2.45) is 0 Å². The zero-order valence-corrected chi connectivity index (χ0v) is 13.3. The topological polar surface area (TPSA) is 35.6 Å². The van der Waals surface area contributed by atoms with Crippen molar-refractivity contribution < 1.29 is 4.79 Å². The smallest absolute Gasteiger partial charge is 0.223 e. The van der Waals surface area contributed by atoms with Gasteiger partial charge in [0.25, 0.3) is 0 Å². The monoisotopic (exact) mass is 315 g/mol. The first-order valence-electron chi connectivity index (χ1n) is 7.09. The Balaban J connectivity index is 0.00000147. The molecule has 3 heterocycles. The highest BCUT2D eigenvalue weighted by atomic mass is 35.5. The number of carbonyl (C=O) groups excluding carboxylic acids is 1. The molecule has 1 N–H and O–H groups in total. The maximum Gasteiger partial charge on any atom is 0.223 e. The SMILES string of the molecule is Cl.O=C(CCN1CCc2sccc2C1)N1CCNCC1. The van der Waals surface area contributed by atoms with Crippen LogP contribution in [0.1, 0.15) is 16.9 Å². The third-order valence-electron chi connectivity index (χ3n) is 4.00. The number of hydrogen-bond acceptors (Lipinski definition) is 4. The van der Waals surface area contributed by atoms with Gasteiger partial charge in [0.05, 0.1) is 0 Å². The third kappa shape index (κ3) is 3.73. The van der Waals surface area contributed by atoms with Crippen molar-refractivity contribution in [1.29, 1.82) is 0 Å². The standard InChI is InChI=1S/C14H21N3OS.ClH/c18-14(17-8-4-15-5-9-17)2-7-16-6-1-13-12(11-16)3-10-19-13;/h3,10,15H,1-2,4-9,11H2;1H. The number of rotatable bonds is 3. The van der Waals surface area contributed by atoms with Gasteiger partial charge in [-0.05, 0) is 23.4 Å². The van der Waals surface area contributed by atoms with Gasteiger partial charge in [-0.2, -0.15) is 0 Å². The van der Waals surface area contributed by atoms with Gasteiger partial charge in [0.2, 0.25) is 5.91 Å². The number of fused-ring (bicyclic) bond motifs is 1. The summed E-state index contributed by atoms with van der Waals surface area (Å²) >= 11 is 1.87. The second-order valence-electron chi connectivity index (χ2n) is 5.28. The summed E-state index contributed by atoms with van der Waals surface area (Å²) in [5, 5.41) is 5.46. The summed E-state index contributed by atoms with van der Waals surface area (Å²) in [6, 6.07) is 2.23. The van der Waals surface area contributed by atoms with E-state index in [0.29, 0.717) is 12.3 Å². The minimum atomic E-state index is 0. The second-order valence-corrected chi connectivity index (χ2v) is 6.28. The van der Waals surface area contributed by atoms with Crippen molar-refractivity contribution in [3.05, 3.63) is 21.9 Å². The van der Waals surface area contributed by atoms with Crippen LogP contribution in [0.25, 0.3) is 0 Å². The number of halogens is 1. The minimum Gasteiger partial charge on any atom is -0.340 e. The van der Waals surface area contributed by atoms with Gasteiger partial charge in [-0.15, -0.1) is 23.7 Å². The number of carbonyl (C=O) groups is 1. The van der Waals surface area contributed by atoms with E-state index in [1.54, 1.807) is 0 Å². The van der Waals surface area contributed by atoms with Crippen molar-refractivity contribution in [3.63, 3.8) is 0 Å². The molecule has 112 valence electrons. The van der Waals surface area contributed by atoms with E-state index in [1.165, 1.54) is 10.4 Å². The van der Waals surface area contributed by atoms with E-state index in [9.17, 15) is 4.79 Å². The van der Waals surface area contributed by atoms with E-state index in [2.05, 4.69) is 21.7 Å². The molecule has 1 amide bonds. The van der Waals surface area contributed by atoms with Gasteiger partial charge in [0.15, 0.2) is 0 Å². The average Bonchev–Trinajstić information content (AvgIpc) is 2.93. The molecule has 2 aliphatic heterocycles. The molecule has 1 saturated heterocycles. The molecule has 0 unspecified atom stereocenters. The Kier molecular flexibility index (Phi) is 5.84. The molecule has 0 radical (unpaired) electrons. The number of hydrogen-bond donors (Lipinski definition) is 1. The van der Waals surface area contributed by atoms with E-state index in [1.807, 2.05) is 16.2 Å². The predicted molar refractivity (Wildman–Crippen MR) is 84.6 cm³/mol. The zero-order chi connectivity index (χ0) is 13.1. The van der Waals surface area contributed by atoms with Gasteiger partial charge in [0, 0.05) is 57.1 Å². The molecule has 6 heteroatoms. The Morgan fingerprint density at radius 1 is 1.30 bits per heavy atom. The normalized spacial score (nSPS) is 19.3. The maximum atomic E-state index is 12.1. The first-order valence-corrected chi connectivity index (χ1v) is 7.97. The van der Waals surface area contributed by atoms with Crippen molar-refractivity contribution in [2.75, 3.05) is 39.3 Å². The molecular weight excluding hydrogens is 294 g/mol. The molecule has 1 fully saturated rings. The molecule has 0 saturated carbocycles. The third-order valence-corrected chi connectivity index (χ3v) is 5.02. The molecule has 2 aliphatic rings. The summed E-state index contributed by atoms with van der Waals surface area (Å²) in [6.07, 6.45) is 1.81. The Bertz CT molecular complexity index is 445. The highest BCUT2D eigenvalue weighted by molar-refractivity contribution is 7.10. The molecule has 3 rings (SSSR count). The maximum absolute atomic E-state index is 12.1. The fourth-order valence-electron chi connectivity index (χ4n) is 2.82. The fraction of sp³-hybridized carbons (Fsp3) is 0.643. The van der Waals surface area contributed by atoms with Crippen LogP contribution in [0.2, 0.25) is 0 Å². The van der Waals surface area contributed by atoms with Crippen LogP contribution < -0.4 is 5.32 Å². The van der Waals surface area contributed by atoms with Crippen LogP contribution in [-0.2, 0) is 17.8 Å². The van der Waals surface area contributed by atoms with Crippen LogP contribution in [0.4, 0.5) is 0 Å². The van der Waals surface area contributed by atoms with E-state index in [-0.39, 0.29) is 12.4 Å². The molecule has 1 aromatic rings. The Labute approximate surface area is 130 Å². The lowest BCUT2D eigenvalue weighted by Gasteiger charge is -2.30. The molecule has 0 spiro atoms. The summed E-state index contributed by atoms with van der Waals surface area (Å²) in [7, 11) is 0. The van der Waals surface area contributed by atoms with Crippen LogP contribution in [0, 0.1) is 0 Å². The van der Waals surface area contributed by atoms with E-state index in [4.69, 9.17) is 0 Å². The fourth-order valence-corrected chi connectivity index (χ4v) is 3.71.